The van der Waals surface area contributed by atoms with Crippen molar-refractivity contribution < 1.29 is 0 Å². The van der Waals surface area contributed by atoms with Crippen molar-refractivity contribution in [3.05, 3.63) is 28.8 Å². The molecule has 5 heteroatoms. The molecule has 104 valence electrons. The van der Waals surface area contributed by atoms with Crippen LogP contribution in [-0.2, 0) is 0 Å². The Hall–Kier alpha value is -0.150. The molecule has 18 heavy (non-hydrogen) atoms. The highest BCUT2D eigenvalue weighted by Crippen LogP contribution is 2.30. The maximum absolute atomic E-state index is 6.17. The van der Waals surface area contributed by atoms with E-state index in [1.54, 1.807) is 0 Å². The summed E-state index contributed by atoms with van der Waals surface area (Å²) in [5.41, 5.74) is 2.46. The molecule has 0 bridgehead atoms. The molecule has 1 aliphatic heterocycles. The quantitative estimate of drug-likeness (QED) is 0.886. The second-order valence-corrected chi connectivity index (χ2v) is 5.01. The second-order valence-electron chi connectivity index (χ2n) is 4.61. The van der Waals surface area contributed by atoms with Crippen LogP contribution >= 0.6 is 36.4 Å². The van der Waals surface area contributed by atoms with Crippen LogP contribution in [0.2, 0.25) is 5.02 Å². The van der Waals surface area contributed by atoms with E-state index in [0.717, 1.165) is 17.3 Å². The molecule has 1 aromatic carbocycles. The first-order valence-corrected chi connectivity index (χ1v) is 6.26. The van der Waals surface area contributed by atoms with Crippen LogP contribution in [0.5, 0.6) is 0 Å². The molecule has 0 aromatic heterocycles. The number of benzene rings is 1. The van der Waals surface area contributed by atoms with E-state index in [1.165, 1.54) is 24.8 Å². The van der Waals surface area contributed by atoms with E-state index in [9.17, 15) is 0 Å². The molecule has 0 saturated carbocycles. The van der Waals surface area contributed by atoms with Gasteiger partial charge in [-0.25, -0.2) is 0 Å². The number of rotatable bonds is 2. The van der Waals surface area contributed by atoms with Gasteiger partial charge in [0.15, 0.2) is 0 Å². The molecule has 0 spiro atoms. The third-order valence-corrected chi connectivity index (χ3v) is 3.48. The molecule has 0 radical (unpaired) electrons. The van der Waals surface area contributed by atoms with E-state index >= 15 is 0 Å². The minimum atomic E-state index is 0. The van der Waals surface area contributed by atoms with E-state index in [4.69, 9.17) is 11.6 Å². The first kappa shape index (κ1) is 17.8. The van der Waals surface area contributed by atoms with Crippen LogP contribution in [0.4, 0.5) is 5.69 Å². The summed E-state index contributed by atoms with van der Waals surface area (Å²) >= 11 is 6.17. The van der Waals surface area contributed by atoms with Gasteiger partial charge >= 0.3 is 0 Å². The lowest BCUT2D eigenvalue weighted by Crippen LogP contribution is -2.26. The maximum atomic E-state index is 6.17. The molecule has 2 nitrogen and oxygen atoms in total. The summed E-state index contributed by atoms with van der Waals surface area (Å²) in [5, 5.41) is 4.38. The van der Waals surface area contributed by atoms with Crippen molar-refractivity contribution in [2.24, 2.45) is 0 Å². The Bertz CT molecular complexity index is 363. The number of anilines is 1. The first-order valence-electron chi connectivity index (χ1n) is 5.88. The summed E-state index contributed by atoms with van der Waals surface area (Å²) in [5.74, 6) is 0. The highest BCUT2D eigenvalue weighted by molar-refractivity contribution is 6.33. The largest absolute Gasteiger partial charge is 0.376 e. The maximum Gasteiger partial charge on any atom is 0.0639 e. The molecule has 1 heterocycles. The summed E-state index contributed by atoms with van der Waals surface area (Å²) in [6.07, 6.45) is 3.84. The van der Waals surface area contributed by atoms with E-state index in [1.807, 2.05) is 20.2 Å². The summed E-state index contributed by atoms with van der Waals surface area (Å²) in [6.45, 7) is 1.13. The number of piperidine rings is 1. The fourth-order valence-corrected chi connectivity index (χ4v) is 2.51. The Kier molecular flexibility index (Phi) is 8.04. The molecule has 1 atom stereocenters. The van der Waals surface area contributed by atoms with Gasteiger partial charge in [0.1, 0.15) is 0 Å². The van der Waals surface area contributed by atoms with Gasteiger partial charge in [-0.15, -0.1) is 24.8 Å². The van der Waals surface area contributed by atoms with Crippen LogP contribution in [0.25, 0.3) is 0 Å². The number of nitrogens with one attached hydrogen (secondary N) is 1. The van der Waals surface area contributed by atoms with Gasteiger partial charge in [0.25, 0.3) is 0 Å². The second kappa shape index (κ2) is 8.11. The molecular formula is C13H21Cl3N2. The van der Waals surface area contributed by atoms with Gasteiger partial charge in [-0.3, -0.25) is 0 Å². The van der Waals surface area contributed by atoms with Crippen LogP contribution in [0.15, 0.2) is 18.2 Å². The van der Waals surface area contributed by atoms with Crippen molar-refractivity contribution in [1.29, 1.82) is 0 Å². The topological polar surface area (TPSA) is 15.3 Å². The normalized spacial score (nSPS) is 18.5. The smallest absolute Gasteiger partial charge is 0.0639 e. The summed E-state index contributed by atoms with van der Waals surface area (Å²) in [7, 11) is 4.05. The van der Waals surface area contributed by atoms with Gasteiger partial charge in [-0.05, 0) is 37.1 Å². The van der Waals surface area contributed by atoms with Gasteiger partial charge in [0.05, 0.1) is 10.7 Å². The molecule has 1 aliphatic rings. The van der Waals surface area contributed by atoms with Crippen molar-refractivity contribution in [3.63, 3.8) is 0 Å². The highest BCUT2D eigenvalue weighted by atomic mass is 35.5. The average molecular weight is 312 g/mol. The zero-order valence-electron chi connectivity index (χ0n) is 10.8. The van der Waals surface area contributed by atoms with E-state index in [2.05, 4.69) is 22.3 Å². The number of halogens is 3. The number of hydrogen-bond acceptors (Lipinski definition) is 2. The Morgan fingerprint density at radius 3 is 2.50 bits per heavy atom. The molecule has 0 amide bonds. The van der Waals surface area contributed by atoms with Gasteiger partial charge in [0.2, 0.25) is 0 Å². The zero-order chi connectivity index (χ0) is 11.5. The van der Waals surface area contributed by atoms with Gasteiger partial charge in [-0.1, -0.05) is 24.1 Å². The molecule has 1 N–H and O–H groups in total. The van der Waals surface area contributed by atoms with Gasteiger partial charge in [-0.2, -0.15) is 0 Å². The minimum absolute atomic E-state index is 0. The van der Waals surface area contributed by atoms with Crippen molar-refractivity contribution >= 4 is 42.1 Å². The standard InChI is InChI=1S/C13H19ClN2.2ClH/c1-16(2)13-9-10(6-7-11(13)14)12-5-3-4-8-15-12;;/h6-7,9,12,15H,3-5,8H2,1-2H3;2*1H. The summed E-state index contributed by atoms with van der Waals surface area (Å²) in [6, 6.07) is 6.84. The van der Waals surface area contributed by atoms with Crippen molar-refractivity contribution in [2.75, 3.05) is 25.5 Å². The predicted octanol–water partition coefficient (Wildman–Crippen LogP) is 4.06. The predicted molar refractivity (Wildman–Crippen MR) is 84.9 cm³/mol. The molecule has 0 aliphatic carbocycles. The summed E-state index contributed by atoms with van der Waals surface area (Å²) in [4.78, 5) is 2.06. The Balaban J connectivity index is 0.00000144. The number of hydrogen-bond donors (Lipinski definition) is 1. The lowest BCUT2D eigenvalue weighted by atomic mass is 9.97. The third kappa shape index (κ3) is 4.20. The average Bonchev–Trinajstić information content (AvgIpc) is 2.30. The van der Waals surface area contributed by atoms with Crippen LogP contribution in [0.3, 0.4) is 0 Å². The van der Waals surface area contributed by atoms with Crippen LogP contribution in [0.1, 0.15) is 30.9 Å². The zero-order valence-corrected chi connectivity index (χ0v) is 13.2. The lowest BCUT2D eigenvalue weighted by Gasteiger charge is -2.25. The monoisotopic (exact) mass is 310 g/mol. The van der Waals surface area contributed by atoms with Crippen molar-refractivity contribution in [3.8, 4) is 0 Å². The fraction of sp³-hybridized carbons (Fsp3) is 0.538. The van der Waals surface area contributed by atoms with Crippen LogP contribution in [0, 0.1) is 0 Å². The molecule has 2 rings (SSSR count). The molecule has 1 saturated heterocycles. The van der Waals surface area contributed by atoms with Crippen molar-refractivity contribution in [1.82, 2.24) is 5.32 Å². The van der Waals surface area contributed by atoms with Crippen LogP contribution in [-0.4, -0.2) is 20.6 Å². The first-order chi connectivity index (χ1) is 7.68. The van der Waals surface area contributed by atoms with E-state index in [-0.39, 0.29) is 24.8 Å². The lowest BCUT2D eigenvalue weighted by molar-refractivity contribution is 0.412. The Morgan fingerprint density at radius 1 is 1.22 bits per heavy atom. The Morgan fingerprint density at radius 2 is 1.94 bits per heavy atom. The van der Waals surface area contributed by atoms with Gasteiger partial charge < -0.3 is 10.2 Å². The van der Waals surface area contributed by atoms with Crippen LogP contribution < -0.4 is 10.2 Å². The third-order valence-electron chi connectivity index (χ3n) is 3.16. The van der Waals surface area contributed by atoms with E-state index < -0.39 is 0 Å². The SMILES string of the molecule is CN(C)c1cc(C2CCCCN2)ccc1Cl.Cl.Cl. The molecule has 1 unspecified atom stereocenters. The Labute approximate surface area is 127 Å². The minimum Gasteiger partial charge on any atom is -0.376 e. The van der Waals surface area contributed by atoms with E-state index in [0.29, 0.717) is 6.04 Å². The van der Waals surface area contributed by atoms with Gasteiger partial charge in [0, 0.05) is 20.1 Å². The van der Waals surface area contributed by atoms with Crippen molar-refractivity contribution in [2.45, 2.75) is 25.3 Å². The number of nitrogens with zero attached hydrogens (tertiary/aromatic N) is 1. The fourth-order valence-electron chi connectivity index (χ4n) is 2.23. The molecule has 1 aromatic rings. The summed E-state index contributed by atoms with van der Waals surface area (Å²) < 4.78 is 0. The highest BCUT2D eigenvalue weighted by Gasteiger charge is 2.16. The molecular weight excluding hydrogens is 291 g/mol. The molecule has 1 fully saturated rings.